The van der Waals surface area contributed by atoms with Crippen LogP contribution in [0.15, 0.2) is 54.6 Å². The molecule has 0 saturated heterocycles. The van der Waals surface area contributed by atoms with Crippen molar-refractivity contribution in [2.45, 2.75) is 31.2 Å². The highest BCUT2D eigenvalue weighted by Gasteiger charge is 2.29. The third kappa shape index (κ3) is 5.51. The van der Waals surface area contributed by atoms with Gasteiger partial charge in [-0.25, -0.2) is 0 Å². The van der Waals surface area contributed by atoms with Crippen LogP contribution in [0.1, 0.15) is 24.1 Å². The van der Waals surface area contributed by atoms with Gasteiger partial charge in [-0.15, -0.1) is 6.42 Å². The summed E-state index contributed by atoms with van der Waals surface area (Å²) in [5.74, 6) is 3.80. The second-order valence-electron chi connectivity index (χ2n) is 7.47. The monoisotopic (exact) mass is 467 g/mol. The van der Waals surface area contributed by atoms with Crippen molar-refractivity contribution in [1.29, 1.82) is 0 Å². The minimum atomic E-state index is -0.721. The SMILES string of the molecule is C#CC(NC(=O)C(Oc1ccc(Cl)cc1C)C(C)SC)c1ccc2ccc(OC)cc2c1. The van der Waals surface area contributed by atoms with Gasteiger partial charge in [0.1, 0.15) is 17.5 Å². The number of hydrogen-bond donors (Lipinski definition) is 1. The molecule has 0 bridgehead atoms. The highest BCUT2D eigenvalue weighted by Crippen LogP contribution is 2.27. The van der Waals surface area contributed by atoms with E-state index >= 15 is 0 Å². The molecule has 0 fully saturated rings. The van der Waals surface area contributed by atoms with Crippen molar-refractivity contribution < 1.29 is 14.3 Å². The van der Waals surface area contributed by atoms with Crippen LogP contribution in [-0.4, -0.2) is 30.6 Å². The fourth-order valence-corrected chi connectivity index (χ4v) is 4.02. The number of fused-ring (bicyclic) bond motifs is 1. The summed E-state index contributed by atoms with van der Waals surface area (Å²) >= 11 is 7.60. The number of hydrogen-bond acceptors (Lipinski definition) is 4. The Morgan fingerprint density at radius 1 is 1.12 bits per heavy atom. The fraction of sp³-hybridized carbons (Fsp3) is 0.269. The topological polar surface area (TPSA) is 47.6 Å². The quantitative estimate of drug-likeness (QED) is 0.425. The molecule has 6 heteroatoms. The van der Waals surface area contributed by atoms with Gasteiger partial charge in [-0.2, -0.15) is 11.8 Å². The van der Waals surface area contributed by atoms with Gasteiger partial charge in [0, 0.05) is 10.3 Å². The van der Waals surface area contributed by atoms with E-state index in [0.29, 0.717) is 10.8 Å². The number of rotatable bonds is 8. The number of terminal acetylenes is 1. The Hall–Kier alpha value is -2.81. The summed E-state index contributed by atoms with van der Waals surface area (Å²) in [6.07, 6.45) is 7.03. The standard InChI is InChI=1S/C26H26ClNO3S/c1-6-23(19-8-7-18-9-11-22(30-4)15-20(18)14-19)28-26(29)25(17(3)32-5)31-24-12-10-21(27)13-16(24)2/h1,7-15,17,23,25H,2-5H3,(H,28,29). The van der Waals surface area contributed by atoms with Crippen LogP contribution in [0.2, 0.25) is 5.02 Å². The third-order valence-electron chi connectivity index (χ3n) is 5.31. The lowest BCUT2D eigenvalue weighted by Gasteiger charge is -2.25. The number of benzene rings is 3. The second-order valence-corrected chi connectivity index (χ2v) is 9.12. The minimum Gasteiger partial charge on any atom is -0.497 e. The smallest absolute Gasteiger partial charge is 0.263 e. The molecule has 3 aromatic rings. The van der Waals surface area contributed by atoms with Crippen LogP contribution >= 0.6 is 23.4 Å². The summed E-state index contributed by atoms with van der Waals surface area (Å²) in [5.41, 5.74) is 1.68. The lowest BCUT2D eigenvalue weighted by Crippen LogP contribution is -2.45. The number of halogens is 1. The number of nitrogens with one attached hydrogen (secondary N) is 1. The van der Waals surface area contributed by atoms with E-state index in [4.69, 9.17) is 27.5 Å². The van der Waals surface area contributed by atoms with Crippen LogP contribution in [0.5, 0.6) is 11.5 Å². The van der Waals surface area contributed by atoms with Crippen LogP contribution in [0.4, 0.5) is 0 Å². The Morgan fingerprint density at radius 2 is 1.88 bits per heavy atom. The van der Waals surface area contributed by atoms with Gasteiger partial charge < -0.3 is 14.8 Å². The van der Waals surface area contributed by atoms with E-state index < -0.39 is 12.1 Å². The molecule has 0 aliphatic carbocycles. The molecule has 3 aromatic carbocycles. The molecule has 0 saturated carbocycles. The molecule has 0 spiro atoms. The predicted octanol–water partition coefficient (Wildman–Crippen LogP) is 5.80. The van der Waals surface area contributed by atoms with E-state index in [2.05, 4.69) is 11.2 Å². The molecule has 166 valence electrons. The summed E-state index contributed by atoms with van der Waals surface area (Å²) in [7, 11) is 1.63. The maximum atomic E-state index is 13.2. The lowest BCUT2D eigenvalue weighted by molar-refractivity contribution is -0.128. The van der Waals surface area contributed by atoms with E-state index in [-0.39, 0.29) is 11.2 Å². The number of thioether (sulfide) groups is 1. The molecule has 0 heterocycles. The molecular formula is C26H26ClNO3S. The first kappa shape index (κ1) is 23.8. The Morgan fingerprint density at radius 3 is 2.53 bits per heavy atom. The zero-order valence-corrected chi connectivity index (χ0v) is 20.1. The van der Waals surface area contributed by atoms with Crippen molar-refractivity contribution in [3.63, 3.8) is 0 Å². The van der Waals surface area contributed by atoms with Crippen molar-refractivity contribution in [1.82, 2.24) is 5.32 Å². The van der Waals surface area contributed by atoms with Crippen molar-refractivity contribution in [2.24, 2.45) is 0 Å². The molecular weight excluding hydrogens is 442 g/mol. The van der Waals surface area contributed by atoms with Crippen LogP contribution in [0, 0.1) is 19.3 Å². The summed E-state index contributed by atoms with van der Waals surface area (Å²) in [4.78, 5) is 13.2. The summed E-state index contributed by atoms with van der Waals surface area (Å²) in [6, 6.07) is 16.5. The Balaban J connectivity index is 1.85. The molecule has 32 heavy (non-hydrogen) atoms. The molecule has 4 nitrogen and oxygen atoms in total. The average Bonchev–Trinajstić information content (AvgIpc) is 2.80. The zero-order chi connectivity index (χ0) is 23.3. The number of carbonyl (C=O) groups excluding carboxylic acids is 1. The van der Waals surface area contributed by atoms with Crippen molar-refractivity contribution in [3.8, 4) is 23.8 Å². The predicted molar refractivity (Wildman–Crippen MR) is 134 cm³/mol. The Kier molecular flexibility index (Phi) is 7.95. The summed E-state index contributed by atoms with van der Waals surface area (Å²) in [6.45, 7) is 3.85. The lowest BCUT2D eigenvalue weighted by atomic mass is 10.0. The van der Waals surface area contributed by atoms with Gasteiger partial charge in [-0.1, -0.05) is 35.7 Å². The maximum Gasteiger partial charge on any atom is 0.263 e. The van der Waals surface area contributed by atoms with Crippen molar-refractivity contribution in [2.75, 3.05) is 13.4 Å². The van der Waals surface area contributed by atoms with Crippen molar-refractivity contribution in [3.05, 3.63) is 70.7 Å². The average molecular weight is 468 g/mol. The Labute approximate surface area is 198 Å². The summed E-state index contributed by atoms with van der Waals surface area (Å²) < 4.78 is 11.4. The largest absolute Gasteiger partial charge is 0.497 e. The van der Waals surface area contributed by atoms with Gasteiger partial charge in [0.15, 0.2) is 6.10 Å². The Bertz CT molecular complexity index is 1160. The minimum absolute atomic E-state index is 0.0932. The molecule has 1 amide bonds. The molecule has 3 atom stereocenters. The molecule has 0 radical (unpaired) electrons. The molecule has 1 N–H and O–H groups in total. The van der Waals surface area contributed by atoms with E-state index in [1.807, 2.05) is 62.6 Å². The number of amides is 1. The van der Waals surface area contributed by atoms with Crippen LogP contribution < -0.4 is 14.8 Å². The van der Waals surface area contributed by atoms with Crippen LogP contribution in [0.25, 0.3) is 10.8 Å². The highest BCUT2D eigenvalue weighted by atomic mass is 35.5. The van der Waals surface area contributed by atoms with E-state index in [0.717, 1.165) is 27.6 Å². The van der Waals surface area contributed by atoms with Crippen molar-refractivity contribution >= 4 is 40.0 Å². The number of carbonyl (C=O) groups is 1. The second kappa shape index (κ2) is 10.7. The number of methoxy groups -OCH3 is 1. The van der Waals surface area contributed by atoms with Gasteiger partial charge in [0.2, 0.25) is 0 Å². The van der Waals surface area contributed by atoms with E-state index in [1.165, 1.54) is 0 Å². The number of ether oxygens (including phenoxy) is 2. The summed E-state index contributed by atoms with van der Waals surface area (Å²) in [5, 5.41) is 5.55. The van der Waals surface area contributed by atoms with Gasteiger partial charge in [-0.05, 0) is 78.4 Å². The van der Waals surface area contributed by atoms with Gasteiger partial charge in [0.25, 0.3) is 5.91 Å². The number of aryl methyl sites for hydroxylation is 1. The first-order valence-electron chi connectivity index (χ1n) is 10.2. The molecule has 0 aliphatic rings. The van der Waals surface area contributed by atoms with E-state index in [9.17, 15) is 4.79 Å². The molecule has 3 unspecified atom stereocenters. The first-order chi connectivity index (χ1) is 15.4. The van der Waals surface area contributed by atoms with E-state index in [1.54, 1.807) is 31.0 Å². The fourth-order valence-electron chi connectivity index (χ4n) is 3.36. The molecule has 3 rings (SSSR count). The van der Waals surface area contributed by atoms with Crippen LogP contribution in [0.3, 0.4) is 0 Å². The molecule has 0 aromatic heterocycles. The van der Waals surface area contributed by atoms with Gasteiger partial charge in [-0.3, -0.25) is 4.79 Å². The van der Waals surface area contributed by atoms with Crippen LogP contribution in [-0.2, 0) is 4.79 Å². The highest BCUT2D eigenvalue weighted by molar-refractivity contribution is 7.99. The zero-order valence-electron chi connectivity index (χ0n) is 18.5. The third-order valence-corrected chi connectivity index (χ3v) is 6.53. The maximum absolute atomic E-state index is 13.2. The normalized spacial score (nSPS) is 13.6. The van der Waals surface area contributed by atoms with Gasteiger partial charge >= 0.3 is 0 Å². The first-order valence-corrected chi connectivity index (χ1v) is 11.8. The van der Waals surface area contributed by atoms with Gasteiger partial charge in [0.05, 0.1) is 7.11 Å². The molecule has 0 aliphatic heterocycles.